The lowest BCUT2D eigenvalue weighted by Crippen LogP contribution is -2.12. The predicted octanol–water partition coefficient (Wildman–Crippen LogP) is 1.20. The van der Waals surface area contributed by atoms with Gasteiger partial charge in [-0.05, 0) is 12.1 Å². The highest BCUT2D eigenvalue weighted by Gasteiger charge is 1.94. The molecule has 0 saturated carbocycles. The fraction of sp³-hybridized carbons (Fsp3) is 0.556. The smallest absolute Gasteiger partial charge is 0.151 e. The van der Waals surface area contributed by atoms with Gasteiger partial charge in [-0.25, -0.2) is 0 Å². The van der Waals surface area contributed by atoms with E-state index in [0.29, 0.717) is 37.3 Å². The predicted molar refractivity (Wildman–Crippen MR) is 58.2 cm³/mol. The number of anilines is 1. The van der Waals surface area contributed by atoms with Crippen molar-refractivity contribution < 1.29 is 9.47 Å². The number of nitrogens with zero attached hydrogens (tertiary/aromatic N) is 2. The summed E-state index contributed by atoms with van der Waals surface area (Å²) >= 11 is 5.59. The van der Waals surface area contributed by atoms with Gasteiger partial charge in [-0.1, -0.05) is 11.6 Å². The van der Waals surface area contributed by atoms with Gasteiger partial charge in [-0.15, -0.1) is 10.2 Å². The summed E-state index contributed by atoms with van der Waals surface area (Å²) < 4.78 is 10.1. The molecule has 0 amide bonds. The van der Waals surface area contributed by atoms with Crippen molar-refractivity contribution in [2.24, 2.45) is 0 Å². The molecule has 15 heavy (non-hydrogen) atoms. The summed E-state index contributed by atoms with van der Waals surface area (Å²) in [5.74, 6) is 0.690. The van der Waals surface area contributed by atoms with Gasteiger partial charge >= 0.3 is 0 Å². The SMILES string of the molecule is COCCOCCNc1ccc(Cl)nn1. The molecule has 0 atom stereocenters. The van der Waals surface area contributed by atoms with Crippen molar-refractivity contribution in [3.8, 4) is 0 Å². The highest BCUT2D eigenvalue weighted by Crippen LogP contribution is 2.05. The lowest BCUT2D eigenvalue weighted by Gasteiger charge is -2.05. The number of aromatic nitrogens is 2. The number of nitrogens with one attached hydrogen (secondary N) is 1. The van der Waals surface area contributed by atoms with Crippen LogP contribution in [0.2, 0.25) is 5.15 Å². The summed E-state index contributed by atoms with van der Waals surface area (Å²) in [6.45, 7) is 2.50. The van der Waals surface area contributed by atoms with Crippen LogP contribution in [0.15, 0.2) is 12.1 Å². The lowest BCUT2D eigenvalue weighted by molar-refractivity contribution is 0.0759. The van der Waals surface area contributed by atoms with Crippen LogP contribution in [-0.2, 0) is 9.47 Å². The van der Waals surface area contributed by atoms with Gasteiger partial charge in [-0.3, -0.25) is 0 Å². The van der Waals surface area contributed by atoms with Gasteiger partial charge in [0.1, 0.15) is 5.82 Å². The first kappa shape index (κ1) is 12.2. The molecule has 0 aromatic carbocycles. The summed E-state index contributed by atoms with van der Waals surface area (Å²) in [6.07, 6.45) is 0. The Morgan fingerprint density at radius 3 is 2.80 bits per heavy atom. The number of ether oxygens (including phenoxy) is 2. The van der Waals surface area contributed by atoms with Crippen molar-refractivity contribution in [1.29, 1.82) is 0 Å². The van der Waals surface area contributed by atoms with Gasteiger partial charge in [-0.2, -0.15) is 0 Å². The largest absolute Gasteiger partial charge is 0.382 e. The molecule has 1 rings (SSSR count). The van der Waals surface area contributed by atoms with Crippen molar-refractivity contribution in [2.75, 3.05) is 38.8 Å². The van der Waals surface area contributed by atoms with Gasteiger partial charge in [0.05, 0.1) is 19.8 Å². The normalized spacial score (nSPS) is 10.3. The van der Waals surface area contributed by atoms with Gasteiger partial charge in [0.25, 0.3) is 0 Å². The van der Waals surface area contributed by atoms with Crippen molar-refractivity contribution in [3.05, 3.63) is 17.3 Å². The molecule has 1 heterocycles. The maximum Gasteiger partial charge on any atom is 0.151 e. The first-order valence-electron chi connectivity index (χ1n) is 4.62. The van der Waals surface area contributed by atoms with Crippen molar-refractivity contribution >= 4 is 17.4 Å². The van der Waals surface area contributed by atoms with Crippen LogP contribution in [0.3, 0.4) is 0 Å². The van der Waals surface area contributed by atoms with Crippen molar-refractivity contribution in [2.45, 2.75) is 0 Å². The van der Waals surface area contributed by atoms with E-state index < -0.39 is 0 Å². The first-order chi connectivity index (χ1) is 7.33. The van der Waals surface area contributed by atoms with E-state index in [4.69, 9.17) is 21.1 Å². The summed E-state index contributed by atoms with van der Waals surface area (Å²) in [6, 6.07) is 3.45. The monoisotopic (exact) mass is 231 g/mol. The van der Waals surface area contributed by atoms with E-state index in [9.17, 15) is 0 Å². The molecule has 0 bridgehead atoms. The van der Waals surface area contributed by atoms with E-state index in [2.05, 4.69) is 15.5 Å². The molecular formula is C9H14ClN3O2. The summed E-state index contributed by atoms with van der Waals surface area (Å²) in [7, 11) is 1.64. The first-order valence-corrected chi connectivity index (χ1v) is 5.00. The number of halogens is 1. The maximum atomic E-state index is 5.59. The fourth-order valence-electron chi connectivity index (χ4n) is 0.906. The van der Waals surface area contributed by atoms with Gasteiger partial charge in [0, 0.05) is 13.7 Å². The third-order valence-corrected chi connectivity index (χ3v) is 1.82. The average molecular weight is 232 g/mol. The second-order valence-corrected chi connectivity index (χ2v) is 3.16. The van der Waals surface area contributed by atoms with E-state index in [1.54, 1.807) is 19.2 Å². The van der Waals surface area contributed by atoms with Gasteiger partial charge in [0.15, 0.2) is 5.15 Å². The molecule has 84 valence electrons. The lowest BCUT2D eigenvalue weighted by atomic mass is 10.5. The third-order valence-electron chi connectivity index (χ3n) is 1.62. The highest BCUT2D eigenvalue weighted by atomic mass is 35.5. The zero-order chi connectivity index (χ0) is 10.9. The van der Waals surface area contributed by atoms with E-state index in [0.717, 1.165) is 0 Å². The summed E-state index contributed by atoms with van der Waals surface area (Å²) in [4.78, 5) is 0. The van der Waals surface area contributed by atoms with E-state index in [1.165, 1.54) is 0 Å². The molecule has 0 radical (unpaired) electrons. The standard InChI is InChI=1S/C9H14ClN3O2/c1-14-6-7-15-5-4-11-9-3-2-8(10)12-13-9/h2-3H,4-7H2,1H3,(H,11,13). The molecule has 0 spiro atoms. The van der Waals surface area contributed by atoms with Crippen LogP contribution < -0.4 is 5.32 Å². The Morgan fingerprint density at radius 1 is 1.27 bits per heavy atom. The van der Waals surface area contributed by atoms with Crippen LogP contribution in [0.4, 0.5) is 5.82 Å². The second kappa shape index (κ2) is 7.39. The molecule has 0 aliphatic rings. The van der Waals surface area contributed by atoms with Gasteiger partial charge < -0.3 is 14.8 Å². The molecular weight excluding hydrogens is 218 g/mol. The molecule has 1 N–H and O–H groups in total. The van der Waals surface area contributed by atoms with Crippen LogP contribution >= 0.6 is 11.6 Å². The minimum absolute atomic E-state index is 0.386. The number of rotatable bonds is 7. The Kier molecular flexibility index (Phi) is 5.99. The molecule has 0 aliphatic heterocycles. The Labute approximate surface area is 93.7 Å². The Bertz CT molecular complexity index is 269. The third kappa shape index (κ3) is 5.51. The average Bonchev–Trinajstić information content (AvgIpc) is 2.26. The summed E-state index contributed by atoms with van der Waals surface area (Å²) in [5, 5.41) is 11.0. The van der Waals surface area contributed by atoms with E-state index >= 15 is 0 Å². The second-order valence-electron chi connectivity index (χ2n) is 2.77. The molecule has 0 unspecified atom stereocenters. The molecule has 0 fully saturated rings. The fourth-order valence-corrected chi connectivity index (χ4v) is 1.01. The number of hydrogen-bond donors (Lipinski definition) is 1. The zero-order valence-corrected chi connectivity index (χ0v) is 9.33. The molecule has 1 aromatic heterocycles. The van der Waals surface area contributed by atoms with E-state index in [1.807, 2.05) is 0 Å². The zero-order valence-electron chi connectivity index (χ0n) is 8.57. The van der Waals surface area contributed by atoms with Crippen LogP contribution in [0.25, 0.3) is 0 Å². The Morgan fingerprint density at radius 2 is 2.13 bits per heavy atom. The molecule has 5 nitrogen and oxygen atoms in total. The van der Waals surface area contributed by atoms with Crippen molar-refractivity contribution in [1.82, 2.24) is 10.2 Å². The van der Waals surface area contributed by atoms with Crippen molar-refractivity contribution in [3.63, 3.8) is 0 Å². The highest BCUT2D eigenvalue weighted by molar-refractivity contribution is 6.29. The molecule has 6 heteroatoms. The topological polar surface area (TPSA) is 56.3 Å². The quantitative estimate of drug-likeness (QED) is 0.715. The molecule has 0 saturated heterocycles. The number of hydrogen-bond acceptors (Lipinski definition) is 5. The summed E-state index contributed by atoms with van der Waals surface area (Å²) in [5.41, 5.74) is 0. The minimum atomic E-state index is 0.386. The van der Waals surface area contributed by atoms with Crippen LogP contribution in [0, 0.1) is 0 Å². The van der Waals surface area contributed by atoms with Crippen LogP contribution in [0.5, 0.6) is 0 Å². The number of methoxy groups -OCH3 is 1. The van der Waals surface area contributed by atoms with Crippen LogP contribution in [-0.4, -0.2) is 43.7 Å². The molecule has 1 aromatic rings. The molecule has 0 aliphatic carbocycles. The minimum Gasteiger partial charge on any atom is -0.382 e. The van der Waals surface area contributed by atoms with E-state index in [-0.39, 0.29) is 0 Å². The maximum absolute atomic E-state index is 5.59. The Balaban J connectivity index is 2.07. The van der Waals surface area contributed by atoms with Gasteiger partial charge in [0.2, 0.25) is 0 Å². The Hall–Kier alpha value is -0.910. The van der Waals surface area contributed by atoms with Crippen LogP contribution in [0.1, 0.15) is 0 Å².